The summed E-state index contributed by atoms with van der Waals surface area (Å²) in [5.74, 6) is -0.785. The van der Waals surface area contributed by atoms with Crippen LogP contribution in [0.4, 0.5) is 0 Å². The predicted molar refractivity (Wildman–Crippen MR) is 372 cm³/mol. The number of unbranched alkanes of at least 4 members (excludes halogenated alkanes) is 36. The molecule has 0 radical (unpaired) electrons. The van der Waals surface area contributed by atoms with Crippen LogP contribution in [0.2, 0.25) is 0 Å². The third kappa shape index (κ3) is 70.0. The third-order valence-corrected chi connectivity index (χ3v) is 16.6. The molecule has 0 fully saturated rings. The number of phosphoric acid groups is 1. The first-order valence-electron chi connectivity index (χ1n) is 36.0. The second-order valence-corrected chi connectivity index (χ2v) is 26.7. The molecule has 0 aliphatic carbocycles. The maximum Gasteiger partial charge on any atom is 0.472 e. The molecule has 0 saturated carbocycles. The minimum Gasteiger partial charge on any atom is -0.462 e. The summed E-state index contributed by atoms with van der Waals surface area (Å²) < 4.78 is 34.8. The van der Waals surface area contributed by atoms with Gasteiger partial charge in [-0.25, -0.2) is 4.57 Å². The Kier molecular flexibility index (Phi) is 64.0. The topological polar surface area (TPSA) is 108 Å². The van der Waals surface area contributed by atoms with E-state index in [0.717, 1.165) is 83.5 Å². The molecule has 1 N–H and O–H groups in total. The number of carbonyl (C=O) groups is 2. The molecule has 0 amide bonds. The Hall–Kier alpha value is -3.07. The summed E-state index contributed by atoms with van der Waals surface area (Å²) in [6, 6.07) is 0. The Bertz CT molecular complexity index is 1770. The van der Waals surface area contributed by atoms with Crippen LogP contribution in [0.5, 0.6) is 0 Å². The van der Waals surface area contributed by atoms with Gasteiger partial charge in [0.2, 0.25) is 0 Å². The zero-order valence-corrected chi connectivity index (χ0v) is 57.7. The highest BCUT2D eigenvalue weighted by atomic mass is 31.2. The Morgan fingerprint density at radius 3 is 0.930 bits per heavy atom. The molecule has 498 valence electrons. The van der Waals surface area contributed by atoms with E-state index in [1.807, 2.05) is 21.1 Å². The maximum absolute atomic E-state index is 12.9. The van der Waals surface area contributed by atoms with Crippen molar-refractivity contribution in [1.29, 1.82) is 0 Å². The first kappa shape index (κ1) is 82.9. The molecule has 0 aromatic carbocycles. The van der Waals surface area contributed by atoms with Crippen LogP contribution in [0.1, 0.15) is 322 Å². The van der Waals surface area contributed by atoms with Gasteiger partial charge in [0.1, 0.15) is 19.8 Å². The van der Waals surface area contributed by atoms with Crippen molar-refractivity contribution in [2.45, 2.75) is 328 Å². The number of hydrogen-bond acceptors (Lipinski definition) is 7. The van der Waals surface area contributed by atoms with Crippen LogP contribution in [0.3, 0.4) is 0 Å². The molecule has 0 aromatic heterocycles. The number of ether oxygens (including phenoxy) is 2. The van der Waals surface area contributed by atoms with Gasteiger partial charge in [-0.15, -0.1) is 0 Å². The lowest BCUT2D eigenvalue weighted by atomic mass is 10.0. The SMILES string of the molecule is CC/C=C\C/C=C\C/C=C\C/C=C\CCCCCCCCCCCCCCCCCCCCCCC(=O)OC(COC(=O)CCCCCCCCCCCCCCCCCC/C=C\C/C=C\C/C=C\C/C=C\CC)COP(=O)(O)OCC[N+](C)(C)C. The van der Waals surface area contributed by atoms with E-state index >= 15 is 0 Å². The van der Waals surface area contributed by atoms with Crippen molar-refractivity contribution in [2.24, 2.45) is 0 Å². The van der Waals surface area contributed by atoms with Crippen LogP contribution in [0.15, 0.2) is 97.2 Å². The highest BCUT2D eigenvalue weighted by molar-refractivity contribution is 7.47. The van der Waals surface area contributed by atoms with E-state index in [1.165, 1.54) is 205 Å². The second kappa shape index (κ2) is 66.4. The van der Waals surface area contributed by atoms with Gasteiger partial charge in [-0.2, -0.15) is 0 Å². The van der Waals surface area contributed by atoms with Gasteiger partial charge in [0.15, 0.2) is 6.10 Å². The van der Waals surface area contributed by atoms with Crippen molar-refractivity contribution in [3.8, 4) is 0 Å². The molecule has 9 nitrogen and oxygen atoms in total. The average Bonchev–Trinajstić information content (AvgIpc) is 3.70. The van der Waals surface area contributed by atoms with Gasteiger partial charge < -0.3 is 18.9 Å². The highest BCUT2D eigenvalue weighted by Gasteiger charge is 2.27. The van der Waals surface area contributed by atoms with Gasteiger partial charge in [-0.3, -0.25) is 18.6 Å². The molecule has 0 rings (SSSR count). The Balaban J connectivity index is 4.00. The van der Waals surface area contributed by atoms with E-state index in [1.54, 1.807) is 0 Å². The van der Waals surface area contributed by atoms with Gasteiger partial charge in [0, 0.05) is 12.8 Å². The number of allylic oxidation sites excluding steroid dienone is 16. The van der Waals surface area contributed by atoms with E-state index in [-0.39, 0.29) is 32.0 Å². The van der Waals surface area contributed by atoms with E-state index in [9.17, 15) is 19.0 Å². The van der Waals surface area contributed by atoms with E-state index < -0.39 is 26.5 Å². The van der Waals surface area contributed by atoms with E-state index in [4.69, 9.17) is 18.5 Å². The Labute approximate surface area is 532 Å². The van der Waals surface area contributed by atoms with Gasteiger partial charge in [0.05, 0.1) is 27.7 Å². The van der Waals surface area contributed by atoms with Crippen molar-refractivity contribution < 1.29 is 42.1 Å². The van der Waals surface area contributed by atoms with E-state index in [2.05, 4.69) is 111 Å². The fraction of sp³-hybridized carbons (Fsp3) is 0.763. The van der Waals surface area contributed by atoms with Gasteiger partial charge in [0.25, 0.3) is 0 Å². The normalized spacial score (nSPS) is 13.7. The van der Waals surface area contributed by atoms with Crippen LogP contribution in [0, 0.1) is 0 Å². The molecule has 10 heteroatoms. The molecule has 0 aliphatic rings. The summed E-state index contributed by atoms with van der Waals surface area (Å²) in [6.45, 7) is 4.25. The third-order valence-electron chi connectivity index (χ3n) is 15.6. The van der Waals surface area contributed by atoms with Crippen LogP contribution in [-0.4, -0.2) is 74.9 Å². The number of quaternary nitrogens is 1. The molecule has 0 spiro atoms. The number of phosphoric ester groups is 1. The molecule has 0 bridgehead atoms. The number of esters is 2. The van der Waals surface area contributed by atoms with Crippen molar-refractivity contribution >= 4 is 19.8 Å². The molecule has 0 saturated heterocycles. The van der Waals surface area contributed by atoms with Gasteiger partial charge in [-0.05, 0) is 89.9 Å². The zero-order valence-electron chi connectivity index (χ0n) is 56.8. The van der Waals surface area contributed by atoms with Crippen LogP contribution in [0.25, 0.3) is 0 Å². The molecule has 0 aromatic rings. The van der Waals surface area contributed by atoms with Gasteiger partial charge in [-0.1, -0.05) is 317 Å². The lowest BCUT2D eigenvalue weighted by molar-refractivity contribution is -0.870. The van der Waals surface area contributed by atoms with Crippen LogP contribution >= 0.6 is 7.82 Å². The maximum atomic E-state index is 12.9. The first-order valence-corrected chi connectivity index (χ1v) is 37.5. The second-order valence-electron chi connectivity index (χ2n) is 25.2. The Morgan fingerprint density at radius 1 is 0.360 bits per heavy atom. The molecule has 2 unspecified atom stereocenters. The van der Waals surface area contributed by atoms with Gasteiger partial charge >= 0.3 is 19.8 Å². The predicted octanol–water partition coefficient (Wildman–Crippen LogP) is 23.5. The number of hydrogen-bond donors (Lipinski definition) is 1. The lowest BCUT2D eigenvalue weighted by Gasteiger charge is -2.24. The smallest absolute Gasteiger partial charge is 0.462 e. The monoisotopic (exact) mass is 1220 g/mol. The minimum atomic E-state index is -4.39. The summed E-state index contributed by atoms with van der Waals surface area (Å²) in [5, 5.41) is 0. The first-order chi connectivity index (χ1) is 42.0. The fourth-order valence-electron chi connectivity index (χ4n) is 10.2. The molecule has 0 aliphatic heterocycles. The minimum absolute atomic E-state index is 0.0309. The summed E-state index contributed by atoms with van der Waals surface area (Å²) in [6.07, 6.45) is 92.3. The number of rotatable bonds is 66. The molecule has 2 atom stereocenters. The Morgan fingerprint density at radius 2 is 0.628 bits per heavy atom. The molecule has 0 heterocycles. The number of likely N-dealkylation sites (N-methyl/N-ethyl adjacent to an activating group) is 1. The average molecular weight is 1220 g/mol. The summed E-state index contributed by atoms with van der Waals surface area (Å²) in [4.78, 5) is 35.9. The van der Waals surface area contributed by atoms with Crippen molar-refractivity contribution in [1.82, 2.24) is 0 Å². The number of carbonyl (C=O) groups excluding carboxylic acids is 2. The standard InChI is InChI=1S/C76H136NO8P/c1-6-8-10-12-14-16-18-20-22-24-26-28-30-32-34-36-37-38-39-41-43-45-47-49-51-53-55-57-59-61-63-65-67-69-76(79)85-74(73-84-86(80,81)83-71-70-77(3,4)5)72-82-75(78)68-66-64-62-60-58-56-54-52-50-48-46-44-42-40-35-33-31-29-27-25-23-21-19-17-15-13-11-9-7-2/h8-11,14-17,20-23,26-29,74H,6-7,12-13,18-19,24-25,30-73H2,1-5H3/p+1/b10-8-,11-9-,16-14-,17-15-,22-20-,23-21-,28-26-,29-27-. The van der Waals surface area contributed by atoms with Crippen molar-refractivity contribution in [3.63, 3.8) is 0 Å². The van der Waals surface area contributed by atoms with Crippen LogP contribution < -0.4 is 0 Å². The summed E-state index contributed by atoms with van der Waals surface area (Å²) in [5.41, 5.74) is 0. The number of nitrogens with zero attached hydrogens (tertiary/aromatic N) is 1. The molecule has 86 heavy (non-hydrogen) atoms. The van der Waals surface area contributed by atoms with Crippen molar-refractivity contribution in [2.75, 3.05) is 47.5 Å². The van der Waals surface area contributed by atoms with E-state index in [0.29, 0.717) is 17.4 Å². The largest absolute Gasteiger partial charge is 0.472 e. The van der Waals surface area contributed by atoms with Crippen molar-refractivity contribution in [3.05, 3.63) is 97.2 Å². The molecular weight excluding hydrogens is 1090 g/mol. The summed E-state index contributed by atoms with van der Waals surface area (Å²) >= 11 is 0. The quantitative estimate of drug-likeness (QED) is 0.0211. The van der Waals surface area contributed by atoms with Crippen LogP contribution in [-0.2, 0) is 32.7 Å². The molecular formula is C76H137NO8P+. The summed E-state index contributed by atoms with van der Waals surface area (Å²) in [7, 11) is 1.48. The lowest BCUT2D eigenvalue weighted by Crippen LogP contribution is -2.37. The fourth-order valence-corrected chi connectivity index (χ4v) is 10.9. The highest BCUT2D eigenvalue weighted by Crippen LogP contribution is 2.43. The zero-order chi connectivity index (χ0) is 62.6.